The number of aliphatic hydroxyl groups excluding tert-OH is 1. The summed E-state index contributed by atoms with van der Waals surface area (Å²) >= 11 is 6.55. The quantitative estimate of drug-likeness (QED) is 0.265. The number of aryl methyl sites for hydroxylation is 1. The molecule has 3 aromatic carbocycles. The molecule has 6 rings (SSSR count). The maximum Gasteiger partial charge on any atom is 0.418 e. The maximum atomic E-state index is 13.8. The fraction of sp³-hybridized carbons (Fsp3) is 0.233. The van der Waals surface area contributed by atoms with Gasteiger partial charge >= 0.3 is 6.18 Å². The number of carbonyl (C=O) groups excluding carboxylic acids is 1. The largest absolute Gasteiger partial charge is 0.418 e. The van der Waals surface area contributed by atoms with E-state index in [2.05, 4.69) is 15.5 Å². The van der Waals surface area contributed by atoms with Crippen molar-refractivity contribution >= 4 is 28.4 Å². The standard InChI is InChI=1S/C30H25ClF3N5O2/c1-18-7-10-24-22(13-18)26(27(40)30(32,33)34)25-11-12-29(15-39(24)25,19-5-3-2-4-6-19)37-28(41)21-9-8-20(14-23(21)31)38-16-35-36-17-38/h2-10,13-14,16-17,27,40H,11-12,15H2,1H3,(H,37,41)/t27-,29?/m0/s1. The number of rotatable bonds is 5. The van der Waals surface area contributed by atoms with Crippen LogP contribution >= 0.6 is 11.6 Å². The number of halogens is 4. The first-order chi connectivity index (χ1) is 19.6. The Balaban J connectivity index is 1.44. The normalized spacial score (nSPS) is 17.8. The summed E-state index contributed by atoms with van der Waals surface area (Å²) in [5, 5.41) is 21.8. The fourth-order valence-corrected chi connectivity index (χ4v) is 6.04. The zero-order valence-electron chi connectivity index (χ0n) is 21.9. The predicted octanol–water partition coefficient (Wildman–Crippen LogP) is 6.05. The topological polar surface area (TPSA) is 85.0 Å². The van der Waals surface area contributed by atoms with Crippen LogP contribution in [0.4, 0.5) is 13.2 Å². The number of hydrogen-bond donors (Lipinski definition) is 2. The molecule has 0 fully saturated rings. The zero-order valence-corrected chi connectivity index (χ0v) is 22.6. The lowest BCUT2D eigenvalue weighted by atomic mass is 9.81. The van der Waals surface area contributed by atoms with Crippen LogP contribution in [0, 0.1) is 6.92 Å². The Labute approximate surface area is 238 Å². The molecule has 0 saturated carbocycles. The SMILES string of the molecule is Cc1ccc2c(c1)c([C@H](O)C(F)(F)F)c1n2CC(NC(=O)c2ccc(-n3cnnc3)cc2Cl)(c2ccccc2)CC1. The van der Waals surface area contributed by atoms with Gasteiger partial charge in [-0.2, -0.15) is 13.2 Å². The lowest BCUT2D eigenvalue weighted by molar-refractivity contribution is -0.206. The maximum absolute atomic E-state index is 13.8. The summed E-state index contributed by atoms with van der Waals surface area (Å²) in [6.07, 6.45) is -3.90. The Kier molecular flexibility index (Phi) is 6.62. The van der Waals surface area contributed by atoms with Crippen molar-refractivity contribution in [3.63, 3.8) is 0 Å². The first kappa shape index (κ1) is 27.0. The predicted molar refractivity (Wildman–Crippen MR) is 148 cm³/mol. The zero-order chi connectivity index (χ0) is 28.9. The molecule has 41 heavy (non-hydrogen) atoms. The minimum Gasteiger partial charge on any atom is -0.379 e. The lowest BCUT2D eigenvalue weighted by Crippen LogP contribution is -2.51. The van der Waals surface area contributed by atoms with Gasteiger partial charge in [-0.3, -0.25) is 9.36 Å². The second-order valence-corrected chi connectivity index (χ2v) is 10.8. The van der Waals surface area contributed by atoms with Crippen molar-refractivity contribution in [1.29, 1.82) is 0 Å². The molecule has 210 valence electrons. The third-order valence-electron chi connectivity index (χ3n) is 7.76. The van der Waals surface area contributed by atoms with Crippen LogP contribution < -0.4 is 5.32 Å². The van der Waals surface area contributed by atoms with Crippen LogP contribution in [0.15, 0.2) is 79.4 Å². The number of aromatic nitrogens is 4. The third-order valence-corrected chi connectivity index (χ3v) is 8.08. The van der Waals surface area contributed by atoms with E-state index in [0.717, 1.165) is 11.1 Å². The van der Waals surface area contributed by atoms with E-state index < -0.39 is 23.7 Å². The molecule has 0 saturated heterocycles. The Morgan fingerprint density at radius 3 is 2.49 bits per heavy atom. The Bertz CT molecular complexity index is 1750. The number of aliphatic hydroxyl groups is 1. The number of nitrogens with zero attached hydrogens (tertiary/aromatic N) is 4. The molecule has 5 aromatic rings. The number of hydrogen-bond acceptors (Lipinski definition) is 4. The van der Waals surface area contributed by atoms with Gasteiger partial charge in [0.25, 0.3) is 5.91 Å². The van der Waals surface area contributed by atoms with Gasteiger partial charge in [0.2, 0.25) is 0 Å². The number of nitrogens with one attached hydrogen (secondary N) is 1. The van der Waals surface area contributed by atoms with Crippen LogP contribution in [-0.2, 0) is 18.5 Å². The second-order valence-electron chi connectivity index (χ2n) is 10.3. The van der Waals surface area contributed by atoms with E-state index >= 15 is 0 Å². The summed E-state index contributed by atoms with van der Waals surface area (Å²) < 4.78 is 44.9. The monoisotopic (exact) mass is 579 g/mol. The van der Waals surface area contributed by atoms with E-state index in [1.165, 1.54) is 12.7 Å². The molecule has 2 N–H and O–H groups in total. The molecule has 1 aliphatic heterocycles. The van der Waals surface area contributed by atoms with Crippen LogP contribution in [0.3, 0.4) is 0 Å². The van der Waals surface area contributed by atoms with Crippen LogP contribution in [0.5, 0.6) is 0 Å². The fourth-order valence-electron chi connectivity index (χ4n) is 5.78. The van der Waals surface area contributed by atoms with Crippen molar-refractivity contribution in [3.05, 3.63) is 112 Å². The van der Waals surface area contributed by atoms with Gasteiger partial charge < -0.3 is 15.0 Å². The van der Waals surface area contributed by atoms with Crippen molar-refractivity contribution in [1.82, 2.24) is 24.6 Å². The number of amides is 1. The van der Waals surface area contributed by atoms with Crippen molar-refractivity contribution in [2.45, 2.75) is 44.1 Å². The molecule has 3 heterocycles. The highest BCUT2D eigenvalue weighted by Gasteiger charge is 2.46. The minimum absolute atomic E-state index is 0.128. The first-order valence-electron chi connectivity index (χ1n) is 13.0. The average Bonchev–Trinajstić information content (AvgIpc) is 3.59. The van der Waals surface area contributed by atoms with Crippen molar-refractivity contribution < 1.29 is 23.1 Å². The van der Waals surface area contributed by atoms with Crippen molar-refractivity contribution in [2.24, 2.45) is 0 Å². The second kappa shape index (κ2) is 10.0. The molecule has 0 radical (unpaired) electrons. The number of fused-ring (bicyclic) bond motifs is 3. The van der Waals surface area contributed by atoms with Gasteiger partial charge in [0.05, 0.1) is 22.7 Å². The molecule has 1 amide bonds. The minimum atomic E-state index is -4.82. The van der Waals surface area contributed by atoms with Gasteiger partial charge in [-0.25, -0.2) is 0 Å². The molecule has 0 aliphatic carbocycles. The van der Waals surface area contributed by atoms with E-state index in [-0.39, 0.29) is 29.1 Å². The first-order valence-corrected chi connectivity index (χ1v) is 13.3. The summed E-state index contributed by atoms with van der Waals surface area (Å²) in [6, 6.07) is 19.6. The number of carbonyl (C=O) groups is 1. The van der Waals surface area contributed by atoms with Crippen LogP contribution in [0.1, 0.15) is 45.3 Å². The van der Waals surface area contributed by atoms with Crippen LogP contribution in [-0.4, -0.2) is 36.5 Å². The molecule has 0 bridgehead atoms. The molecule has 1 unspecified atom stereocenters. The van der Waals surface area contributed by atoms with E-state index in [4.69, 9.17) is 11.6 Å². The number of benzene rings is 3. The van der Waals surface area contributed by atoms with E-state index in [9.17, 15) is 23.1 Å². The molecular formula is C30H25ClF3N5O2. The van der Waals surface area contributed by atoms with Gasteiger partial charge in [0, 0.05) is 27.8 Å². The molecule has 2 aromatic heterocycles. The smallest absolute Gasteiger partial charge is 0.379 e. The van der Waals surface area contributed by atoms with Gasteiger partial charge in [-0.05, 0) is 55.7 Å². The number of alkyl halides is 3. The van der Waals surface area contributed by atoms with Crippen LogP contribution in [0.2, 0.25) is 5.02 Å². The molecule has 0 spiro atoms. The van der Waals surface area contributed by atoms with Gasteiger partial charge in [0.1, 0.15) is 12.7 Å². The lowest BCUT2D eigenvalue weighted by Gasteiger charge is -2.40. The molecule has 7 nitrogen and oxygen atoms in total. The molecular weight excluding hydrogens is 555 g/mol. The average molecular weight is 580 g/mol. The van der Waals surface area contributed by atoms with E-state index in [0.29, 0.717) is 28.7 Å². The van der Waals surface area contributed by atoms with Gasteiger partial charge in [0.15, 0.2) is 6.10 Å². The molecule has 11 heteroatoms. The molecule has 1 aliphatic rings. The summed E-state index contributed by atoms with van der Waals surface area (Å²) in [7, 11) is 0. The Morgan fingerprint density at radius 2 is 1.80 bits per heavy atom. The summed E-state index contributed by atoms with van der Waals surface area (Å²) in [5.74, 6) is -0.416. The highest BCUT2D eigenvalue weighted by Crippen LogP contribution is 2.45. The summed E-state index contributed by atoms with van der Waals surface area (Å²) in [5.41, 5.74) is 2.41. The van der Waals surface area contributed by atoms with Gasteiger partial charge in [-0.1, -0.05) is 53.6 Å². The van der Waals surface area contributed by atoms with E-state index in [1.807, 2.05) is 36.4 Å². The van der Waals surface area contributed by atoms with Crippen LogP contribution in [0.25, 0.3) is 16.6 Å². The highest BCUT2D eigenvalue weighted by atomic mass is 35.5. The summed E-state index contributed by atoms with van der Waals surface area (Å²) in [4.78, 5) is 13.8. The van der Waals surface area contributed by atoms with Crippen molar-refractivity contribution in [2.75, 3.05) is 0 Å². The Hall–Kier alpha value is -4.15. The third kappa shape index (κ3) is 4.76. The van der Waals surface area contributed by atoms with Crippen molar-refractivity contribution in [3.8, 4) is 5.69 Å². The molecule has 2 atom stereocenters. The summed E-state index contributed by atoms with van der Waals surface area (Å²) in [6.45, 7) is 1.96. The Morgan fingerprint density at radius 1 is 1.07 bits per heavy atom. The highest BCUT2D eigenvalue weighted by molar-refractivity contribution is 6.34. The van der Waals surface area contributed by atoms with E-state index in [1.54, 1.807) is 46.4 Å². The van der Waals surface area contributed by atoms with Gasteiger partial charge in [-0.15, -0.1) is 10.2 Å².